The van der Waals surface area contributed by atoms with Crippen molar-refractivity contribution in [1.29, 1.82) is 0 Å². The Morgan fingerprint density at radius 3 is 2.90 bits per heavy atom. The number of carbonyl (C=O) groups is 1. The van der Waals surface area contributed by atoms with Crippen LogP contribution in [0.1, 0.15) is 29.1 Å². The predicted molar refractivity (Wildman–Crippen MR) is 121 cm³/mol. The molecule has 0 spiro atoms. The van der Waals surface area contributed by atoms with E-state index in [2.05, 4.69) is 42.5 Å². The highest BCUT2D eigenvalue weighted by Gasteiger charge is 2.16. The Balaban J connectivity index is 1.31. The number of nitrogens with zero attached hydrogens (tertiary/aromatic N) is 5. The van der Waals surface area contributed by atoms with Gasteiger partial charge in [-0.3, -0.25) is 4.79 Å². The quantitative estimate of drug-likeness (QED) is 0.434. The largest absolute Gasteiger partial charge is 0.358 e. The minimum absolute atomic E-state index is 0.0750. The second-order valence-corrected chi connectivity index (χ2v) is 8.35. The molecule has 2 N–H and O–H groups in total. The first-order chi connectivity index (χ1) is 15.0. The number of aryl methyl sites for hydroxylation is 3. The first kappa shape index (κ1) is 19.4. The van der Waals surface area contributed by atoms with Crippen molar-refractivity contribution in [2.45, 2.75) is 33.6 Å². The van der Waals surface area contributed by atoms with Crippen LogP contribution in [-0.2, 0) is 11.2 Å². The van der Waals surface area contributed by atoms with E-state index >= 15 is 0 Å². The first-order valence-electron chi connectivity index (χ1n) is 10.00. The van der Waals surface area contributed by atoms with Gasteiger partial charge in [-0.25, -0.2) is 14.5 Å². The molecule has 31 heavy (non-hydrogen) atoms. The number of rotatable bonds is 5. The zero-order valence-corrected chi connectivity index (χ0v) is 18.2. The van der Waals surface area contributed by atoms with Gasteiger partial charge >= 0.3 is 0 Å². The van der Waals surface area contributed by atoms with Crippen LogP contribution in [-0.4, -0.2) is 35.5 Å². The summed E-state index contributed by atoms with van der Waals surface area (Å²) in [5.74, 6) is 0.500. The fourth-order valence-electron chi connectivity index (χ4n) is 3.99. The molecule has 0 saturated carbocycles. The van der Waals surface area contributed by atoms with E-state index in [1.54, 1.807) is 4.52 Å². The summed E-state index contributed by atoms with van der Waals surface area (Å²) in [6, 6.07) is 8.16. The van der Waals surface area contributed by atoms with Gasteiger partial charge in [-0.05, 0) is 38.8 Å². The number of aromatic amines is 1. The molecule has 156 valence electrons. The van der Waals surface area contributed by atoms with Gasteiger partial charge in [-0.15, -0.1) is 11.3 Å². The number of carbonyl (C=O) groups excluding carboxylic acids is 1. The fraction of sp³-hybridized carbons (Fsp3) is 0.227. The summed E-state index contributed by atoms with van der Waals surface area (Å²) in [6.07, 6.45) is 2.40. The smallest absolute Gasteiger partial charge is 0.252 e. The van der Waals surface area contributed by atoms with Gasteiger partial charge in [0.2, 0.25) is 5.91 Å². The van der Waals surface area contributed by atoms with E-state index in [0.717, 1.165) is 44.8 Å². The molecule has 0 fully saturated rings. The lowest BCUT2D eigenvalue weighted by atomic mass is 10.1. The molecule has 0 bridgehead atoms. The van der Waals surface area contributed by atoms with Gasteiger partial charge in [-0.2, -0.15) is 10.1 Å². The van der Waals surface area contributed by atoms with E-state index < -0.39 is 0 Å². The highest BCUT2D eigenvalue weighted by atomic mass is 32.1. The number of amides is 1. The summed E-state index contributed by atoms with van der Waals surface area (Å²) in [6.45, 7) is 5.95. The molecule has 0 aliphatic heterocycles. The SMILES string of the molecule is Cc1nc2ncnn2c(C)c1CCC(=O)Nc1nc(-c2c(C)[nH]c3ccccc23)cs1. The zero-order chi connectivity index (χ0) is 21.5. The lowest BCUT2D eigenvalue weighted by Crippen LogP contribution is -2.14. The lowest BCUT2D eigenvalue weighted by Gasteiger charge is -2.10. The molecule has 0 unspecified atom stereocenters. The normalized spacial score (nSPS) is 11.5. The van der Waals surface area contributed by atoms with Crippen molar-refractivity contribution in [2.24, 2.45) is 0 Å². The van der Waals surface area contributed by atoms with Crippen LogP contribution in [0.4, 0.5) is 5.13 Å². The summed E-state index contributed by atoms with van der Waals surface area (Å²) in [5, 5.41) is 10.8. The molecule has 0 radical (unpaired) electrons. The minimum Gasteiger partial charge on any atom is -0.358 e. The second kappa shape index (κ2) is 7.59. The number of fused-ring (bicyclic) bond motifs is 2. The zero-order valence-electron chi connectivity index (χ0n) is 17.4. The molecule has 4 heterocycles. The number of thiazole rings is 1. The predicted octanol–water partition coefficient (Wildman–Crippen LogP) is 4.23. The monoisotopic (exact) mass is 431 g/mol. The van der Waals surface area contributed by atoms with Crippen LogP contribution in [0.5, 0.6) is 0 Å². The van der Waals surface area contributed by atoms with E-state index in [1.807, 2.05) is 38.3 Å². The molecule has 4 aromatic heterocycles. The summed E-state index contributed by atoms with van der Waals surface area (Å²) in [7, 11) is 0. The first-order valence-corrected chi connectivity index (χ1v) is 10.9. The van der Waals surface area contributed by atoms with Gasteiger partial charge in [0.1, 0.15) is 6.33 Å². The fourth-order valence-corrected chi connectivity index (χ4v) is 4.71. The number of H-pyrrole nitrogens is 1. The topological polar surface area (TPSA) is 101 Å². The maximum absolute atomic E-state index is 12.6. The van der Waals surface area contributed by atoms with Gasteiger partial charge < -0.3 is 10.3 Å². The summed E-state index contributed by atoms with van der Waals surface area (Å²) < 4.78 is 1.71. The van der Waals surface area contributed by atoms with Gasteiger partial charge in [0, 0.05) is 45.3 Å². The Hall–Kier alpha value is -3.59. The van der Waals surface area contributed by atoms with Crippen LogP contribution < -0.4 is 5.32 Å². The molecule has 0 atom stereocenters. The Morgan fingerprint density at radius 1 is 1.19 bits per heavy atom. The second-order valence-electron chi connectivity index (χ2n) is 7.49. The van der Waals surface area contributed by atoms with Crippen LogP contribution in [0, 0.1) is 20.8 Å². The third-order valence-corrected chi connectivity index (χ3v) is 6.25. The Bertz CT molecular complexity index is 1430. The highest BCUT2D eigenvalue weighted by molar-refractivity contribution is 7.14. The summed E-state index contributed by atoms with van der Waals surface area (Å²) in [4.78, 5) is 29.2. The number of benzene rings is 1. The van der Waals surface area contributed by atoms with E-state index in [9.17, 15) is 4.79 Å². The summed E-state index contributed by atoms with van der Waals surface area (Å²) >= 11 is 1.43. The van der Waals surface area contributed by atoms with E-state index in [4.69, 9.17) is 0 Å². The van der Waals surface area contributed by atoms with Gasteiger partial charge in [-0.1, -0.05) is 18.2 Å². The average molecular weight is 432 g/mol. The molecular formula is C22H21N7OS. The van der Waals surface area contributed by atoms with Crippen molar-refractivity contribution in [2.75, 3.05) is 5.32 Å². The van der Waals surface area contributed by atoms with E-state index in [1.165, 1.54) is 17.7 Å². The molecule has 5 rings (SSSR count). The molecular weight excluding hydrogens is 410 g/mol. The van der Waals surface area contributed by atoms with Crippen molar-refractivity contribution in [1.82, 2.24) is 29.5 Å². The van der Waals surface area contributed by atoms with Crippen LogP contribution in [0.25, 0.3) is 27.9 Å². The number of hydrogen-bond acceptors (Lipinski definition) is 6. The Labute approximate surface area is 182 Å². The van der Waals surface area contributed by atoms with E-state index in [-0.39, 0.29) is 5.91 Å². The molecule has 1 amide bonds. The van der Waals surface area contributed by atoms with Crippen molar-refractivity contribution in [3.63, 3.8) is 0 Å². The Kier molecular flexibility index (Phi) is 4.74. The molecule has 0 aliphatic rings. The molecule has 1 aromatic carbocycles. The highest BCUT2D eigenvalue weighted by Crippen LogP contribution is 2.33. The third kappa shape index (κ3) is 3.46. The maximum atomic E-state index is 12.6. The van der Waals surface area contributed by atoms with Crippen molar-refractivity contribution in [3.05, 3.63) is 58.6 Å². The standard InChI is InChI=1S/C22H21N7OS/c1-12-15(14(3)29-21(26-12)23-11-24-29)8-9-19(30)28-22-27-18(10-31-22)20-13(2)25-17-7-5-4-6-16(17)20/h4-7,10-11,25H,8-9H2,1-3H3,(H,27,28,30). The van der Waals surface area contributed by atoms with Gasteiger partial charge in [0.15, 0.2) is 5.13 Å². The van der Waals surface area contributed by atoms with Crippen LogP contribution in [0.15, 0.2) is 36.0 Å². The number of anilines is 1. The van der Waals surface area contributed by atoms with Crippen LogP contribution in [0.2, 0.25) is 0 Å². The molecule has 8 nitrogen and oxygen atoms in total. The molecule has 5 aromatic rings. The van der Waals surface area contributed by atoms with Crippen LogP contribution in [0.3, 0.4) is 0 Å². The molecule has 0 saturated heterocycles. The number of hydrogen-bond donors (Lipinski definition) is 2. The Morgan fingerprint density at radius 2 is 2.03 bits per heavy atom. The average Bonchev–Trinajstić information content (AvgIpc) is 3.45. The molecule has 9 heteroatoms. The van der Waals surface area contributed by atoms with E-state index in [0.29, 0.717) is 23.8 Å². The number of nitrogens with one attached hydrogen (secondary N) is 2. The van der Waals surface area contributed by atoms with Gasteiger partial charge in [0.05, 0.1) is 5.69 Å². The van der Waals surface area contributed by atoms with Crippen molar-refractivity contribution < 1.29 is 4.79 Å². The lowest BCUT2D eigenvalue weighted by molar-refractivity contribution is -0.116. The molecule has 0 aliphatic carbocycles. The van der Waals surface area contributed by atoms with Gasteiger partial charge in [0.25, 0.3) is 5.78 Å². The number of para-hydroxylation sites is 1. The number of aromatic nitrogens is 6. The van der Waals surface area contributed by atoms with Crippen LogP contribution >= 0.6 is 11.3 Å². The summed E-state index contributed by atoms with van der Waals surface area (Å²) in [5.41, 5.74) is 6.93. The maximum Gasteiger partial charge on any atom is 0.252 e. The van der Waals surface area contributed by atoms with Crippen molar-refractivity contribution in [3.8, 4) is 11.3 Å². The minimum atomic E-state index is -0.0750. The van der Waals surface area contributed by atoms with Crippen molar-refractivity contribution >= 4 is 39.1 Å². The third-order valence-electron chi connectivity index (χ3n) is 5.49.